The highest BCUT2D eigenvalue weighted by atomic mass is 16.5. The van der Waals surface area contributed by atoms with Crippen molar-refractivity contribution in [3.63, 3.8) is 0 Å². The number of aromatic nitrogens is 2. The highest BCUT2D eigenvalue weighted by Crippen LogP contribution is 2.08. The lowest BCUT2D eigenvalue weighted by Crippen LogP contribution is -2.45. The molecule has 0 bridgehead atoms. The zero-order valence-corrected chi connectivity index (χ0v) is 9.09. The fourth-order valence-electron chi connectivity index (χ4n) is 1.82. The number of nitrogens with zero attached hydrogens (tertiary/aromatic N) is 3. The van der Waals surface area contributed by atoms with Crippen LogP contribution >= 0.6 is 0 Å². The normalized spacial score (nSPS) is 23.2. The summed E-state index contributed by atoms with van der Waals surface area (Å²) >= 11 is 0. The van der Waals surface area contributed by atoms with Crippen LogP contribution in [0.25, 0.3) is 0 Å². The summed E-state index contributed by atoms with van der Waals surface area (Å²) < 4.78 is 7.56. The zero-order valence-electron chi connectivity index (χ0n) is 9.09. The number of rotatable bonds is 3. The highest BCUT2D eigenvalue weighted by Gasteiger charge is 2.19. The number of morpholine rings is 1. The number of nitrogens with two attached hydrogens (primary N) is 1. The van der Waals surface area contributed by atoms with Crippen LogP contribution in [0.2, 0.25) is 0 Å². The third-order valence-electron chi connectivity index (χ3n) is 2.77. The van der Waals surface area contributed by atoms with Crippen molar-refractivity contribution < 1.29 is 4.74 Å². The average molecular weight is 210 g/mol. The van der Waals surface area contributed by atoms with Crippen LogP contribution in [0, 0.1) is 0 Å². The molecule has 1 aromatic rings. The van der Waals surface area contributed by atoms with Crippen molar-refractivity contribution in [2.24, 2.45) is 12.8 Å². The summed E-state index contributed by atoms with van der Waals surface area (Å²) in [5.74, 6) is 1.09. The van der Waals surface area contributed by atoms with Gasteiger partial charge in [-0.3, -0.25) is 4.90 Å². The smallest absolute Gasteiger partial charge is 0.122 e. The first-order chi connectivity index (χ1) is 7.29. The summed E-state index contributed by atoms with van der Waals surface area (Å²) in [6.45, 7) is 4.11. The van der Waals surface area contributed by atoms with Crippen LogP contribution in [0.1, 0.15) is 5.82 Å². The van der Waals surface area contributed by atoms with Gasteiger partial charge in [-0.25, -0.2) is 4.98 Å². The maximum atomic E-state index is 5.60. The van der Waals surface area contributed by atoms with E-state index in [0.717, 1.165) is 32.1 Å². The van der Waals surface area contributed by atoms with E-state index in [4.69, 9.17) is 10.5 Å². The topological polar surface area (TPSA) is 56.3 Å². The fraction of sp³-hybridized carbons (Fsp3) is 0.700. The standard InChI is InChI=1S/C10H18N4O/c1-13-3-2-12-10(13)8-14-4-5-15-9(6-11)7-14/h2-3,9H,4-8,11H2,1H3. The van der Waals surface area contributed by atoms with E-state index in [1.165, 1.54) is 0 Å². The Bertz CT molecular complexity index is 312. The fourth-order valence-corrected chi connectivity index (χ4v) is 1.82. The molecule has 15 heavy (non-hydrogen) atoms. The first-order valence-corrected chi connectivity index (χ1v) is 5.30. The van der Waals surface area contributed by atoms with Gasteiger partial charge in [0.1, 0.15) is 5.82 Å². The number of imidazole rings is 1. The summed E-state index contributed by atoms with van der Waals surface area (Å²) in [6, 6.07) is 0. The molecule has 1 fully saturated rings. The van der Waals surface area contributed by atoms with Gasteiger partial charge in [0, 0.05) is 39.1 Å². The van der Waals surface area contributed by atoms with E-state index >= 15 is 0 Å². The third kappa shape index (κ3) is 2.56. The van der Waals surface area contributed by atoms with Gasteiger partial charge in [0.2, 0.25) is 0 Å². The van der Waals surface area contributed by atoms with Gasteiger partial charge >= 0.3 is 0 Å². The van der Waals surface area contributed by atoms with Crippen molar-refractivity contribution in [2.45, 2.75) is 12.6 Å². The molecule has 2 heterocycles. The van der Waals surface area contributed by atoms with Crippen LogP contribution in [-0.4, -0.2) is 46.8 Å². The number of hydrogen-bond acceptors (Lipinski definition) is 4. The Balaban J connectivity index is 1.92. The quantitative estimate of drug-likeness (QED) is 0.736. The molecule has 1 saturated heterocycles. The zero-order chi connectivity index (χ0) is 10.7. The first kappa shape index (κ1) is 10.6. The molecule has 1 atom stereocenters. The molecule has 1 unspecified atom stereocenters. The summed E-state index contributed by atoms with van der Waals surface area (Å²) in [5, 5.41) is 0. The first-order valence-electron chi connectivity index (χ1n) is 5.30. The predicted octanol–water partition coefficient (Wildman–Crippen LogP) is -0.420. The maximum Gasteiger partial charge on any atom is 0.122 e. The molecular formula is C10H18N4O. The largest absolute Gasteiger partial charge is 0.374 e. The van der Waals surface area contributed by atoms with E-state index in [0.29, 0.717) is 6.54 Å². The van der Waals surface area contributed by atoms with Crippen LogP contribution in [0.3, 0.4) is 0 Å². The van der Waals surface area contributed by atoms with E-state index in [1.54, 1.807) is 0 Å². The van der Waals surface area contributed by atoms with E-state index in [1.807, 2.05) is 24.0 Å². The van der Waals surface area contributed by atoms with Gasteiger partial charge in [-0.15, -0.1) is 0 Å². The molecule has 0 aliphatic carbocycles. The van der Waals surface area contributed by atoms with Gasteiger partial charge in [0.05, 0.1) is 19.3 Å². The molecule has 0 aromatic carbocycles. The Morgan fingerprint density at radius 3 is 3.20 bits per heavy atom. The molecule has 0 saturated carbocycles. The number of hydrogen-bond donors (Lipinski definition) is 1. The minimum atomic E-state index is 0.180. The van der Waals surface area contributed by atoms with Gasteiger partial charge in [0.15, 0.2) is 0 Å². The molecule has 5 nitrogen and oxygen atoms in total. The lowest BCUT2D eigenvalue weighted by atomic mass is 10.2. The highest BCUT2D eigenvalue weighted by molar-refractivity contribution is 4.91. The number of ether oxygens (including phenoxy) is 1. The monoisotopic (exact) mass is 210 g/mol. The maximum absolute atomic E-state index is 5.60. The van der Waals surface area contributed by atoms with Crippen LogP contribution in [0.4, 0.5) is 0 Å². The molecular weight excluding hydrogens is 192 g/mol. The molecule has 1 aromatic heterocycles. The Morgan fingerprint density at radius 1 is 1.67 bits per heavy atom. The Kier molecular flexibility index (Phi) is 3.35. The second kappa shape index (κ2) is 4.74. The molecule has 0 amide bonds. The van der Waals surface area contributed by atoms with Crippen LogP contribution < -0.4 is 5.73 Å². The Hall–Kier alpha value is -0.910. The predicted molar refractivity (Wildman–Crippen MR) is 57.3 cm³/mol. The van der Waals surface area contributed by atoms with Crippen LogP contribution in [-0.2, 0) is 18.3 Å². The lowest BCUT2D eigenvalue weighted by molar-refractivity contribution is -0.0270. The molecule has 0 radical (unpaired) electrons. The minimum Gasteiger partial charge on any atom is -0.374 e. The third-order valence-corrected chi connectivity index (χ3v) is 2.77. The average Bonchev–Trinajstić information content (AvgIpc) is 2.65. The van der Waals surface area contributed by atoms with Crippen molar-refractivity contribution in [3.05, 3.63) is 18.2 Å². The Labute approximate surface area is 89.8 Å². The van der Waals surface area contributed by atoms with Crippen molar-refractivity contribution in [1.82, 2.24) is 14.5 Å². The summed E-state index contributed by atoms with van der Waals surface area (Å²) in [4.78, 5) is 6.65. The van der Waals surface area contributed by atoms with E-state index in [-0.39, 0.29) is 6.10 Å². The summed E-state index contributed by atoms with van der Waals surface area (Å²) in [5.41, 5.74) is 5.60. The van der Waals surface area contributed by atoms with E-state index < -0.39 is 0 Å². The molecule has 84 valence electrons. The van der Waals surface area contributed by atoms with E-state index in [9.17, 15) is 0 Å². The Morgan fingerprint density at radius 2 is 2.53 bits per heavy atom. The molecule has 1 aliphatic rings. The second-order valence-electron chi connectivity index (χ2n) is 3.92. The van der Waals surface area contributed by atoms with Crippen molar-refractivity contribution in [3.8, 4) is 0 Å². The van der Waals surface area contributed by atoms with Crippen LogP contribution in [0.5, 0.6) is 0 Å². The van der Waals surface area contributed by atoms with Gasteiger partial charge in [-0.2, -0.15) is 0 Å². The number of aryl methyl sites for hydroxylation is 1. The SMILES string of the molecule is Cn1ccnc1CN1CCOC(CN)C1. The molecule has 2 N–H and O–H groups in total. The molecule has 2 rings (SSSR count). The van der Waals surface area contributed by atoms with Gasteiger partial charge in [-0.1, -0.05) is 0 Å². The van der Waals surface area contributed by atoms with Crippen molar-refractivity contribution >= 4 is 0 Å². The molecule has 1 aliphatic heterocycles. The summed E-state index contributed by atoms with van der Waals surface area (Å²) in [7, 11) is 2.02. The van der Waals surface area contributed by atoms with Crippen molar-refractivity contribution in [2.75, 3.05) is 26.2 Å². The van der Waals surface area contributed by atoms with Gasteiger partial charge in [0.25, 0.3) is 0 Å². The van der Waals surface area contributed by atoms with Crippen molar-refractivity contribution in [1.29, 1.82) is 0 Å². The van der Waals surface area contributed by atoms with Crippen LogP contribution in [0.15, 0.2) is 12.4 Å². The summed E-state index contributed by atoms with van der Waals surface area (Å²) in [6.07, 6.45) is 3.98. The van der Waals surface area contributed by atoms with Gasteiger partial charge in [-0.05, 0) is 0 Å². The molecule has 0 spiro atoms. The van der Waals surface area contributed by atoms with Gasteiger partial charge < -0.3 is 15.0 Å². The lowest BCUT2D eigenvalue weighted by Gasteiger charge is -2.31. The van der Waals surface area contributed by atoms with E-state index in [2.05, 4.69) is 9.88 Å². The minimum absolute atomic E-state index is 0.180. The second-order valence-corrected chi connectivity index (χ2v) is 3.92. The molecule has 5 heteroatoms.